The Morgan fingerprint density at radius 2 is 2.00 bits per heavy atom. The van der Waals surface area contributed by atoms with Gasteiger partial charge in [-0.25, -0.2) is 4.39 Å². The van der Waals surface area contributed by atoms with Crippen molar-refractivity contribution in [2.45, 2.75) is 25.4 Å². The van der Waals surface area contributed by atoms with Gasteiger partial charge in [0.15, 0.2) is 0 Å². The van der Waals surface area contributed by atoms with Gasteiger partial charge in [-0.1, -0.05) is 11.8 Å². The molecule has 0 saturated carbocycles. The Kier molecular flexibility index (Phi) is 6.66. The van der Waals surface area contributed by atoms with Crippen molar-refractivity contribution in [1.29, 1.82) is 0 Å². The number of ether oxygens (including phenoxy) is 1. The molecule has 20 heavy (non-hydrogen) atoms. The number of alkyl halides is 4. The lowest BCUT2D eigenvalue weighted by Crippen LogP contribution is -2.10. The van der Waals surface area contributed by atoms with Crippen LogP contribution in [0.4, 0.5) is 17.6 Å². The molecule has 0 saturated heterocycles. The molecule has 0 aliphatic rings. The lowest BCUT2D eigenvalue weighted by atomic mass is 10.2. The first-order valence-electron chi connectivity index (χ1n) is 5.96. The first-order valence-corrected chi connectivity index (χ1v) is 6.50. The van der Waals surface area contributed by atoms with Gasteiger partial charge in [-0.2, -0.15) is 13.2 Å². The van der Waals surface area contributed by atoms with Crippen molar-refractivity contribution in [2.24, 2.45) is 0 Å². The van der Waals surface area contributed by atoms with E-state index in [1.54, 1.807) is 0 Å². The van der Waals surface area contributed by atoms with E-state index in [1.807, 2.05) is 0 Å². The van der Waals surface area contributed by atoms with Crippen LogP contribution in [0.1, 0.15) is 24.8 Å². The zero-order valence-corrected chi connectivity index (χ0v) is 11.3. The van der Waals surface area contributed by atoms with Crippen LogP contribution >= 0.6 is 11.6 Å². The minimum absolute atomic E-state index is 0.102. The molecule has 0 aliphatic heterocycles. The van der Waals surface area contributed by atoms with Crippen LogP contribution in [0.15, 0.2) is 18.2 Å². The van der Waals surface area contributed by atoms with Crippen LogP contribution in [0.2, 0.25) is 0 Å². The van der Waals surface area contributed by atoms with Crippen molar-refractivity contribution >= 4 is 11.6 Å². The smallest absolute Gasteiger partial charge is 0.389 e. The van der Waals surface area contributed by atoms with Gasteiger partial charge in [0.2, 0.25) is 0 Å². The average Bonchev–Trinajstić information content (AvgIpc) is 2.36. The topological polar surface area (TPSA) is 9.23 Å². The third-order valence-corrected chi connectivity index (χ3v) is 2.44. The molecule has 0 spiro atoms. The zero-order valence-electron chi connectivity index (χ0n) is 10.6. The Morgan fingerprint density at radius 1 is 1.25 bits per heavy atom. The van der Waals surface area contributed by atoms with Crippen LogP contribution in [0.5, 0.6) is 5.75 Å². The van der Waals surface area contributed by atoms with Gasteiger partial charge in [-0.15, -0.1) is 11.6 Å². The highest BCUT2D eigenvalue weighted by Crippen LogP contribution is 2.23. The maximum Gasteiger partial charge on any atom is 0.389 e. The van der Waals surface area contributed by atoms with E-state index in [4.69, 9.17) is 16.3 Å². The first-order chi connectivity index (χ1) is 9.42. The van der Waals surface area contributed by atoms with Crippen molar-refractivity contribution in [3.05, 3.63) is 29.6 Å². The molecule has 0 N–H and O–H groups in total. The van der Waals surface area contributed by atoms with Crippen molar-refractivity contribution < 1.29 is 22.3 Å². The summed E-state index contributed by atoms with van der Waals surface area (Å²) in [4.78, 5) is 0. The normalized spacial score (nSPS) is 10.8. The number of halogens is 5. The van der Waals surface area contributed by atoms with Crippen LogP contribution < -0.4 is 4.74 Å². The molecule has 0 atom stereocenters. The third-order valence-electron chi connectivity index (χ3n) is 2.25. The summed E-state index contributed by atoms with van der Waals surface area (Å²) in [6, 6.07) is 3.71. The molecule has 1 aromatic rings. The van der Waals surface area contributed by atoms with E-state index in [2.05, 4.69) is 11.8 Å². The number of rotatable bonds is 5. The fraction of sp³-hybridized carbons (Fsp3) is 0.429. The zero-order chi connectivity index (χ0) is 15.0. The van der Waals surface area contributed by atoms with Gasteiger partial charge < -0.3 is 4.74 Å². The number of hydrogen-bond donors (Lipinski definition) is 0. The van der Waals surface area contributed by atoms with Crippen molar-refractivity contribution in [1.82, 2.24) is 0 Å². The molecule has 6 heteroatoms. The Labute approximate surface area is 119 Å². The van der Waals surface area contributed by atoms with Crippen LogP contribution in [0.3, 0.4) is 0 Å². The molecular weight excluding hydrogens is 296 g/mol. The summed E-state index contributed by atoms with van der Waals surface area (Å²) < 4.78 is 54.3. The van der Waals surface area contributed by atoms with Gasteiger partial charge in [0.1, 0.15) is 11.6 Å². The highest BCUT2D eigenvalue weighted by molar-refractivity contribution is 6.18. The van der Waals surface area contributed by atoms with E-state index < -0.39 is 18.4 Å². The van der Waals surface area contributed by atoms with Crippen LogP contribution in [0, 0.1) is 17.7 Å². The summed E-state index contributed by atoms with van der Waals surface area (Å²) in [5.41, 5.74) is 0.308. The van der Waals surface area contributed by atoms with E-state index in [1.165, 1.54) is 18.2 Å². The average molecular weight is 309 g/mol. The molecule has 0 aromatic heterocycles. The Hall–Kier alpha value is -1.41. The van der Waals surface area contributed by atoms with Crippen molar-refractivity contribution in [3.8, 4) is 17.6 Å². The second-order valence-electron chi connectivity index (χ2n) is 3.95. The molecule has 1 nitrogen and oxygen atoms in total. The van der Waals surface area contributed by atoms with E-state index in [0.717, 1.165) is 0 Å². The van der Waals surface area contributed by atoms with E-state index in [9.17, 15) is 17.6 Å². The van der Waals surface area contributed by atoms with Crippen molar-refractivity contribution in [2.75, 3.05) is 12.5 Å². The number of benzene rings is 1. The van der Waals surface area contributed by atoms with Crippen LogP contribution in [-0.2, 0) is 0 Å². The van der Waals surface area contributed by atoms with E-state index in [0.29, 0.717) is 17.9 Å². The van der Waals surface area contributed by atoms with Crippen molar-refractivity contribution in [3.63, 3.8) is 0 Å². The molecule has 0 heterocycles. The van der Waals surface area contributed by atoms with Gasteiger partial charge in [-0.3, -0.25) is 0 Å². The summed E-state index contributed by atoms with van der Waals surface area (Å²) in [5.74, 6) is 5.56. The monoisotopic (exact) mass is 308 g/mol. The van der Waals surface area contributed by atoms with Gasteiger partial charge in [-0.05, 0) is 24.6 Å². The third kappa shape index (κ3) is 6.67. The molecule has 0 aliphatic carbocycles. The summed E-state index contributed by atoms with van der Waals surface area (Å²) in [6.45, 7) is -0.102. The largest absolute Gasteiger partial charge is 0.492 e. The highest BCUT2D eigenvalue weighted by atomic mass is 35.5. The van der Waals surface area contributed by atoms with Crippen LogP contribution in [-0.4, -0.2) is 18.7 Å². The van der Waals surface area contributed by atoms with E-state index >= 15 is 0 Å². The minimum Gasteiger partial charge on any atom is -0.492 e. The summed E-state index contributed by atoms with van der Waals surface area (Å²) in [5, 5.41) is 0. The molecule has 0 bridgehead atoms. The molecule has 1 aromatic carbocycles. The van der Waals surface area contributed by atoms with Gasteiger partial charge in [0, 0.05) is 18.7 Å². The maximum atomic E-state index is 13.1. The fourth-order valence-electron chi connectivity index (χ4n) is 1.39. The van der Waals surface area contributed by atoms with Gasteiger partial charge in [0.25, 0.3) is 0 Å². The maximum absolute atomic E-state index is 13.1. The fourth-order valence-corrected chi connectivity index (χ4v) is 1.48. The molecule has 0 unspecified atom stereocenters. The van der Waals surface area contributed by atoms with E-state index in [-0.39, 0.29) is 18.8 Å². The quantitative estimate of drug-likeness (QED) is 0.336. The second kappa shape index (κ2) is 8.01. The molecule has 110 valence electrons. The minimum atomic E-state index is -4.20. The Morgan fingerprint density at radius 3 is 2.65 bits per heavy atom. The molecule has 0 fully saturated rings. The lowest BCUT2D eigenvalue weighted by Gasteiger charge is -2.09. The summed E-state index contributed by atoms with van der Waals surface area (Å²) in [7, 11) is 0. The SMILES string of the molecule is Fc1ccc(OCCCC(F)(F)F)c(C#CCCCl)c1. The second-order valence-corrected chi connectivity index (χ2v) is 4.33. The Bertz CT molecular complexity index is 488. The summed E-state index contributed by atoms with van der Waals surface area (Å²) in [6.07, 6.45) is -4.84. The predicted molar refractivity (Wildman–Crippen MR) is 69.4 cm³/mol. The first kappa shape index (κ1) is 16.6. The van der Waals surface area contributed by atoms with Gasteiger partial charge in [0.05, 0.1) is 12.2 Å². The standard InChI is InChI=1S/C14H13ClF4O/c15-8-2-1-4-11-10-12(16)5-6-13(11)20-9-3-7-14(17,18)19/h5-6,10H,2-3,7-9H2. The van der Waals surface area contributed by atoms with Gasteiger partial charge >= 0.3 is 6.18 Å². The lowest BCUT2D eigenvalue weighted by molar-refractivity contribution is -0.136. The highest BCUT2D eigenvalue weighted by Gasteiger charge is 2.26. The molecule has 1 rings (SSSR count). The molecule has 0 radical (unpaired) electrons. The summed E-state index contributed by atoms with van der Waals surface area (Å²) >= 11 is 5.47. The predicted octanol–water partition coefficient (Wildman–Crippen LogP) is 4.53. The van der Waals surface area contributed by atoms with Crippen LogP contribution in [0.25, 0.3) is 0 Å². The Balaban J connectivity index is 2.63. The molecular formula is C14H13ClF4O. The number of hydrogen-bond acceptors (Lipinski definition) is 1. The molecule has 0 amide bonds.